The Morgan fingerprint density at radius 2 is 2.13 bits per heavy atom. The molecular weight excluding hydrogens is 231 g/mol. The maximum atomic E-state index is 10.1. The highest BCUT2D eigenvalue weighted by molar-refractivity contribution is 7.43. The van der Waals surface area contributed by atoms with Gasteiger partial charge in [-0.2, -0.15) is 0 Å². The van der Waals surface area contributed by atoms with Crippen LogP contribution in [0.2, 0.25) is 0 Å². The van der Waals surface area contributed by atoms with Crippen molar-refractivity contribution in [1.82, 2.24) is 0 Å². The lowest BCUT2D eigenvalue weighted by molar-refractivity contribution is -0.349. The van der Waals surface area contributed by atoms with Crippen LogP contribution in [-0.2, 0) is 13.8 Å². The number of hydrogen-bond acceptors (Lipinski definition) is 8. The van der Waals surface area contributed by atoms with Crippen molar-refractivity contribution in [1.29, 1.82) is 0 Å². The zero-order valence-corrected chi connectivity index (χ0v) is 8.72. The van der Waals surface area contributed by atoms with Crippen molar-refractivity contribution < 1.29 is 38.9 Å². The van der Waals surface area contributed by atoms with Crippen molar-refractivity contribution >= 4 is 7.82 Å². The summed E-state index contributed by atoms with van der Waals surface area (Å²) in [6, 6.07) is 0. The highest BCUT2D eigenvalue weighted by Gasteiger charge is 2.54. The quantitative estimate of drug-likeness (QED) is 0.436. The Morgan fingerprint density at radius 3 is 2.47 bits per heavy atom. The van der Waals surface area contributed by atoms with Gasteiger partial charge in [0.2, 0.25) is 5.79 Å². The third kappa shape index (κ3) is 2.96. The van der Waals surface area contributed by atoms with E-state index in [0.717, 1.165) is 0 Å². The number of phosphoric ester groups is 1. The van der Waals surface area contributed by atoms with Crippen LogP contribution >= 0.6 is 7.82 Å². The fourth-order valence-electron chi connectivity index (χ4n) is 1.21. The standard InChI is InChI=1S/C6H13O8P/c1-5(8)2-13-6(9,4(5)7)3-14-15(10,11)12/h4,7-9H,2-3H2,1H3,(H2,10,11,12)/p-2/t4-,5-,6+/m1/s1. The van der Waals surface area contributed by atoms with E-state index in [-0.39, 0.29) is 0 Å². The molecule has 3 N–H and O–H groups in total. The van der Waals surface area contributed by atoms with Gasteiger partial charge in [-0.05, 0) is 6.92 Å². The Hall–Kier alpha value is -0.0500. The first-order valence-electron chi connectivity index (χ1n) is 4.00. The number of aliphatic hydroxyl groups excluding tert-OH is 1. The van der Waals surface area contributed by atoms with E-state index in [0.29, 0.717) is 0 Å². The highest BCUT2D eigenvalue weighted by atomic mass is 31.2. The summed E-state index contributed by atoms with van der Waals surface area (Å²) in [5.41, 5.74) is -1.73. The van der Waals surface area contributed by atoms with Crippen molar-refractivity contribution in [3.63, 3.8) is 0 Å². The van der Waals surface area contributed by atoms with Crippen LogP contribution in [-0.4, -0.2) is 46.0 Å². The lowest BCUT2D eigenvalue weighted by Crippen LogP contribution is -2.51. The minimum Gasteiger partial charge on any atom is -0.790 e. The molecule has 0 aromatic carbocycles. The predicted octanol–water partition coefficient (Wildman–Crippen LogP) is -3.34. The first-order valence-corrected chi connectivity index (χ1v) is 5.46. The van der Waals surface area contributed by atoms with Gasteiger partial charge >= 0.3 is 0 Å². The van der Waals surface area contributed by atoms with Crippen molar-refractivity contribution in [3.8, 4) is 0 Å². The molecule has 90 valence electrons. The zero-order chi connectivity index (χ0) is 11.9. The zero-order valence-electron chi connectivity index (χ0n) is 7.82. The second-order valence-corrected chi connectivity index (χ2v) is 4.77. The summed E-state index contributed by atoms with van der Waals surface area (Å²) < 4.78 is 18.5. The molecule has 0 aromatic heterocycles. The average Bonchev–Trinajstić information content (AvgIpc) is 2.27. The molecule has 1 fully saturated rings. The van der Waals surface area contributed by atoms with Gasteiger partial charge < -0.3 is 38.9 Å². The van der Waals surface area contributed by atoms with Crippen molar-refractivity contribution in [2.24, 2.45) is 0 Å². The van der Waals surface area contributed by atoms with E-state index in [2.05, 4.69) is 9.26 Å². The maximum Gasteiger partial charge on any atom is 0.219 e. The number of phosphoric acid groups is 1. The van der Waals surface area contributed by atoms with Crippen molar-refractivity contribution in [3.05, 3.63) is 0 Å². The van der Waals surface area contributed by atoms with E-state index in [9.17, 15) is 29.7 Å². The largest absolute Gasteiger partial charge is 0.790 e. The van der Waals surface area contributed by atoms with Crippen LogP contribution < -0.4 is 9.79 Å². The normalized spacial score (nSPS) is 42.1. The van der Waals surface area contributed by atoms with E-state index >= 15 is 0 Å². The van der Waals surface area contributed by atoms with Crippen LogP contribution in [0.1, 0.15) is 6.92 Å². The highest BCUT2D eigenvalue weighted by Crippen LogP contribution is 2.35. The monoisotopic (exact) mass is 242 g/mol. The number of aliphatic hydroxyl groups is 3. The molecule has 9 heteroatoms. The molecule has 0 unspecified atom stereocenters. The van der Waals surface area contributed by atoms with Gasteiger partial charge in [0.25, 0.3) is 0 Å². The summed E-state index contributed by atoms with van der Waals surface area (Å²) in [5, 5.41) is 28.3. The third-order valence-electron chi connectivity index (χ3n) is 2.06. The van der Waals surface area contributed by atoms with Crippen LogP contribution in [0, 0.1) is 0 Å². The molecule has 0 aromatic rings. The lowest BCUT2D eigenvalue weighted by Gasteiger charge is -2.34. The summed E-state index contributed by atoms with van der Waals surface area (Å²) in [4.78, 5) is 20.3. The van der Waals surface area contributed by atoms with Crippen molar-refractivity contribution in [2.75, 3.05) is 13.2 Å². The molecule has 0 aliphatic carbocycles. The molecule has 1 aliphatic heterocycles. The van der Waals surface area contributed by atoms with Gasteiger partial charge in [0.15, 0.2) is 0 Å². The second kappa shape index (κ2) is 3.76. The van der Waals surface area contributed by atoms with E-state index in [1.54, 1.807) is 0 Å². The number of ether oxygens (including phenoxy) is 1. The molecule has 1 aliphatic rings. The Bertz CT molecular complexity index is 285. The first-order chi connectivity index (χ1) is 6.57. The molecule has 0 spiro atoms. The van der Waals surface area contributed by atoms with Crippen LogP contribution in [0.3, 0.4) is 0 Å². The minimum absolute atomic E-state index is 0.407. The van der Waals surface area contributed by atoms with E-state index in [1.165, 1.54) is 6.92 Å². The second-order valence-electron chi connectivity index (χ2n) is 3.61. The fraction of sp³-hybridized carbons (Fsp3) is 1.00. The van der Waals surface area contributed by atoms with Gasteiger partial charge in [-0.1, -0.05) is 0 Å². The molecule has 1 saturated heterocycles. The van der Waals surface area contributed by atoms with Gasteiger partial charge in [0.05, 0.1) is 14.4 Å². The number of rotatable bonds is 3. The minimum atomic E-state index is -5.26. The Balaban J connectivity index is 2.66. The van der Waals surface area contributed by atoms with Crippen LogP contribution in [0.15, 0.2) is 0 Å². The molecule has 8 nitrogen and oxygen atoms in total. The molecule has 1 heterocycles. The fourth-order valence-corrected chi connectivity index (χ4v) is 1.55. The average molecular weight is 242 g/mol. The van der Waals surface area contributed by atoms with Gasteiger partial charge in [-0.25, -0.2) is 0 Å². The summed E-state index contributed by atoms with van der Waals surface area (Å²) in [7, 11) is -5.26. The molecule has 1 rings (SSSR count). The SMILES string of the molecule is C[C@@]1(O)CO[C@@](O)(COP(=O)([O-])[O-])[C@@H]1O. The lowest BCUT2D eigenvalue weighted by atomic mass is 9.97. The van der Waals surface area contributed by atoms with E-state index < -0.39 is 38.5 Å². The van der Waals surface area contributed by atoms with Crippen molar-refractivity contribution in [2.45, 2.75) is 24.4 Å². The summed E-state index contributed by atoms with van der Waals surface area (Å²) >= 11 is 0. The molecule has 0 amide bonds. The Morgan fingerprint density at radius 1 is 1.60 bits per heavy atom. The first kappa shape index (κ1) is 13.0. The molecule has 0 bridgehead atoms. The molecule has 3 atom stereocenters. The molecule has 0 radical (unpaired) electrons. The molecule has 15 heavy (non-hydrogen) atoms. The predicted molar refractivity (Wildman–Crippen MR) is 41.1 cm³/mol. The van der Waals surface area contributed by atoms with Crippen LogP contribution in [0.25, 0.3) is 0 Å². The topological polar surface area (TPSA) is 142 Å². The molecular formula is C6H11O8P-2. The Labute approximate surface area is 85.3 Å². The van der Waals surface area contributed by atoms with Crippen LogP contribution in [0.4, 0.5) is 0 Å². The smallest absolute Gasteiger partial charge is 0.219 e. The summed E-state index contributed by atoms with van der Waals surface area (Å²) in [5.74, 6) is -2.39. The summed E-state index contributed by atoms with van der Waals surface area (Å²) in [6.45, 7) is -0.283. The van der Waals surface area contributed by atoms with Crippen LogP contribution in [0.5, 0.6) is 0 Å². The molecule has 0 saturated carbocycles. The Kier molecular flexibility index (Phi) is 3.26. The third-order valence-corrected chi connectivity index (χ3v) is 2.51. The maximum absolute atomic E-state index is 10.1. The van der Waals surface area contributed by atoms with Gasteiger partial charge in [-0.3, -0.25) is 0 Å². The van der Waals surface area contributed by atoms with Gasteiger partial charge in [0.1, 0.15) is 18.3 Å². The van der Waals surface area contributed by atoms with E-state index in [1.807, 2.05) is 0 Å². The number of hydrogen-bond donors (Lipinski definition) is 3. The summed E-state index contributed by atoms with van der Waals surface area (Å²) in [6.07, 6.45) is -1.77. The van der Waals surface area contributed by atoms with Gasteiger partial charge in [-0.15, -0.1) is 0 Å². The van der Waals surface area contributed by atoms with E-state index in [4.69, 9.17) is 0 Å². The van der Waals surface area contributed by atoms with Gasteiger partial charge in [0, 0.05) is 0 Å².